The van der Waals surface area contributed by atoms with Crippen LogP contribution < -0.4 is 15.0 Å². The van der Waals surface area contributed by atoms with Crippen molar-refractivity contribution in [3.8, 4) is 5.75 Å². The summed E-state index contributed by atoms with van der Waals surface area (Å²) in [5.41, 5.74) is 2.51. The molecule has 39 heavy (non-hydrogen) atoms. The zero-order valence-corrected chi connectivity index (χ0v) is 22.1. The first kappa shape index (κ1) is 25.8. The number of hydrogen-bond acceptors (Lipinski definition) is 8. The molecular formula is C29H35N5O5. The van der Waals surface area contributed by atoms with Gasteiger partial charge in [-0.3, -0.25) is 24.6 Å². The molecule has 4 aliphatic heterocycles. The molecule has 1 aromatic carbocycles. The van der Waals surface area contributed by atoms with Crippen LogP contribution in [0.3, 0.4) is 0 Å². The van der Waals surface area contributed by atoms with Crippen LogP contribution >= 0.6 is 0 Å². The molecule has 5 heterocycles. The summed E-state index contributed by atoms with van der Waals surface area (Å²) in [6.07, 6.45) is 4.00. The Bertz CT molecular complexity index is 1250. The monoisotopic (exact) mass is 533 g/mol. The lowest BCUT2D eigenvalue weighted by molar-refractivity contribution is -0.136. The molecule has 1 aromatic heterocycles. The number of nitrogens with one attached hydrogen (secondary N) is 1. The number of rotatable bonds is 7. The molecule has 0 saturated carbocycles. The molecule has 2 unspecified atom stereocenters. The highest BCUT2D eigenvalue weighted by Gasteiger charge is 2.39. The Hall–Kier alpha value is -3.50. The minimum atomic E-state index is -0.613. The van der Waals surface area contributed by atoms with Crippen LogP contribution in [0.5, 0.6) is 5.75 Å². The number of piperidine rings is 2. The van der Waals surface area contributed by atoms with Gasteiger partial charge in [-0.25, -0.2) is 4.98 Å². The zero-order chi connectivity index (χ0) is 26.8. The molecule has 2 atom stereocenters. The molecule has 3 amide bonds. The van der Waals surface area contributed by atoms with Crippen molar-refractivity contribution in [3.63, 3.8) is 0 Å². The maximum atomic E-state index is 13.0. The first-order chi connectivity index (χ1) is 19.0. The normalized spacial score (nSPS) is 24.1. The number of nitrogens with zero attached hydrogens (tertiary/aromatic N) is 4. The second-order valence-corrected chi connectivity index (χ2v) is 10.7. The van der Waals surface area contributed by atoms with E-state index in [1.54, 1.807) is 11.0 Å². The Kier molecular flexibility index (Phi) is 7.47. The third-order valence-corrected chi connectivity index (χ3v) is 8.18. The SMILES string of the molecule is O=C1CCC(N2Cc3cc(OCC4CCCCN4Cc4cccc(N5CCOCC5)n4)ccc3C2=O)C(=O)N1. The molecule has 0 aliphatic carbocycles. The van der Waals surface area contributed by atoms with Gasteiger partial charge in [-0.2, -0.15) is 0 Å². The average Bonchev–Trinajstić information content (AvgIpc) is 3.28. The van der Waals surface area contributed by atoms with Gasteiger partial charge in [0.05, 0.1) is 18.9 Å². The van der Waals surface area contributed by atoms with E-state index in [4.69, 9.17) is 14.5 Å². The van der Waals surface area contributed by atoms with Crippen molar-refractivity contribution >= 4 is 23.5 Å². The largest absolute Gasteiger partial charge is 0.492 e. The number of carbonyl (C=O) groups excluding carboxylic acids is 3. The van der Waals surface area contributed by atoms with Crippen LogP contribution in [0.4, 0.5) is 5.82 Å². The summed E-state index contributed by atoms with van der Waals surface area (Å²) in [5.74, 6) is 0.889. The number of imide groups is 1. The summed E-state index contributed by atoms with van der Waals surface area (Å²) in [6.45, 7) is 5.92. The van der Waals surface area contributed by atoms with Crippen molar-refractivity contribution in [1.29, 1.82) is 0 Å². The van der Waals surface area contributed by atoms with Gasteiger partial charge in [-0.05, 0) is 61.7 Å². The molecular weight excluding hydrogens is 498 g/mol. The zero-order valence-electron chi connectivity index (χ0n) is 22.1. The summed E-state index contributed by atoms with van der Waals surface area (Å²) < 4.78 is 11.8. The Morgan fingerprint density at radius 3 is 2.74 bits per heavy atom. The molecule has 6 rings (SSSR count). The number of benzene rings is 1. The number of pyridine rings is 1. The number of fused-ring (bicyclic) bond motifs is 1. The van der Waals surface area contributed by atoms with Gasteiger partial charge in [-0.15, -0.1) is 0 Å². The molecule has 4 aliphatic rings. The molecule has 2 aromatic rings. The lowest BCUT2D eigenvalue weighted by atomic mass is 10.0. The molecule has 10 nitrogen and oxygen atoms in total. The van der Waals surface area contributed by atoms with E-state index in [0.717, 1.165) is 75.1 Å². The van der Waals surface area contributed by atoms with Crippen LogP contribution in [0.15, 0.2) is 36.4 Å². The van der Waals surface area contributed by atoms with Gasteiger partial charge in [0, 0.05) is 44.2 Å². The lowest BCUT2D eigenvalue weighted by Crippen LogP contribution is -2.52. The van der Waals surface area contributed by atoms with Gasteiger partial charge in [0.1, 0.15) is 24.2 Å². The van der Waals surface area contributed by atoms with Crippen LogP contribution in [0.1, 0.15) is 53.7 Å². The van der Waals surface area contributed by atoms with Crippen molar-refractivity contribution < 1.29 is 23.9 Å². The van der Waals surface area contributed by atoms with Crippen LogP contribution in [0.25, 0.3) is 0 Å². The van der Waals surface area contributed by atoms with E-state index in [-0.39, 0.29) is 24.3 Å². The maximum Gasteiger partial charge on any atom is 0.255 e. The van der Waals surface area contributed by atoms with Gasteiger partial charge in [0.2, 0.25) is 11.8 Å². The van der Waals surface area contributed by atoms with E-state index in [1.807, 2.05) is 12.1 Å². The summed E-state index contributed by atoms with van der Waals surface area (Å²) in [6, 6.07) is 11.5. The molecule has 10 heteroatoms. The number of morpholine rings is 1. The van der Waals surface area contributed by atoms with E-state index in [0.29, 0.717) is 25.1 Å². The highest BCUT2D eigenvalue weighted by atomic mass is 16.5. The molecule has 1 N–H and O–H groups in total. The summed E-state index contributed by atoms with van der Waals surface area (Å²) in [4.78, 5) is 48.1. The number of carbonyl (C=O) groups is 3. The maximum absolute atomic E-state index is 13.0. The molecule has 3 fully saturated rings. The van der Waals surface area contributed by atoms with Crippen molar-refractivity contribution in [3.05, 3.63) is 53.2 Å². The fourth-order valence-corrected chi connectivity index (χ4v) is 6.02. The fourth-order valence-electron chi connectivity index (χ4n) is 6.02. The Balaban J connectivity index is 1.08. The number of anilines is 1. The second kappa shape index (κ2) is 11.3. The first-order valence-corrected chi connectivity index (χ1v) is 14.0. The van der Waals surface area contributed by atoms with Gasteiger partial charge in [-0.1, -0.05) is 12.5 Å². The predicted octanol–water partition coefficient (Wildman–Crippen LogP) is 2.11. The van der Waals surface area contributed by atoms with Gasteiger partial charge < -0.3 is 19.3 Å². The van der Waals surface area contributed by atoms with Crippen molar-refractivity contribution in [2.45, 2.75) is 57.3 Å². The second-order valence-electron chi connectivity index (χ2n) is 10.7. The standard InChI is InChI=1S/C29H35N5O5/c35-27-10-9-25(28(36)31-27)34-17-20-16-23(7-8-24(20)29(34)37)39-19-22-5-1-2-11-33(22)18-21-4-3-6-26(30-21)32-12-14-38-15-13-32/h3-4,6-8,16,22,25H,1-2,5,9-15,17-19H2,(H,31,35,36). The third kappa shape index (κ3) is 5.62. The topological polar surface area (TPSA) is 104 Å². The Morgan fingerprint density at radius 1 is 1.03 bits per heavy atom. The van der Waals surface area contributed by atoms with Gasteiger partial charge in [0.15, 0.2) is 0 Å². The third-order valence-electron chi connectivity index (χ3n) is 8.18. The number of likely N-dealkylation sites (tertiary alicyclic amines) is 1. The number of ether oxygens (including phenoxy) is 2. The van der Waals surface area contributed by atoms with E-state index in [1.165, 1.54) is 6.42 Å². The van der Waals surface area contributed by atoms with E-state index < -0.39 is 11.9 Å². The summed E-state index contributed by atoms with van der Waals surface area (Å²) >= 11 is 0. The van der Waals surface area contributed by atoms with Gasteiger partial charge in [0.25, 0.3) is 5.91 Å². The summed E-state index contributed by atoms with van der Waals surface area (Å²) in [5, 5.41) is 2.35. The average molecular weight is 534 g/mol. The number of hydrogen-bond donors (Lipinski definition) is 1. The summed E-state index contributed by atoms with van der Waals surface area (Å²) in [7, 11) is 0. The predicted molar refractivity (Wildman–Crippen MR) is 143 cm³/mol. The minimum absolute atomic E-state index is 0.170. The van der Waals surface area contributed by atoms with Crippen molar-refractivity contribution in [2.75, 3.05) is 44.4 Å². The number of amides is 3. The highest BCUT2D eigenvalue weighted by Crippen LogP contribution is 2.31. The number of aromatic nitrogens is 1. The van der Waals surface area contributed by atoms with Crippen LogP contribution in [-0.4, -0.2) is 84.0 Å². The first-order valence-electron chi connectivity index (χ1n) is 14.0. The highest BCUT2D eigenvalue weighted by molar-refractivity contribution is 6.05. The molecule has 0 spiro atoms. The van der Waals surface area contributed by atoms with Crippen LogP contribution in [-0.2, 0) is 27.4 Å². The quantitative estimate of drug-likeness (QED) is 0.540. The van der Waals surface area contributed by atoms with Crippen molar-refractivity contribution in [2.24, 2.45) is 0 Å². The van der Waals surface area contributed by atoms with E-state index in [9.17, 15) is 14.4 Å². The molecule has 0 bridgehead atoms. The fraction of sp³-hybridized carbons (Fsp3) is 0.517. The van der Waals surface area contributed by atoms with Crippen molar-refractivity contribution in [1.82, 2.24) is 20.1 Å². The Labute approximate surface area is 228 Å². The van der Waals surface area contributed by atoms with Crippen LogP contribution in [0.2, 0.25) is 0 Å². The molecule has 3 saturated heterocycles. The van der Waals surface area contributed by atoms with Crippen LogP contribution in [0, 0.1) is 0 Å². The minimum Gasteiger partial charge on any atom is -0.492 e. The van der Waals surface area contributed by atoms with E-state index >= 15 is 0 Å². The molecule has 0 radical (unpaired) electrons. The molecule has 206 valence electrons. The van der Waals surface area contributed by atoms with E-state index in [2.05, 4.69) is 33.3 Å². The Morgan fingerprint density at radius 2 is 1.90 bits per heavy atom. The lowest BCUT2D eigenvalue weighted by Gasteiger charge is -2.35. The smallest absolute Gasteiger partial charge is 0.255 e. The van der Waals surface area contributed by atoms with Gasteiger partial charge >= 0.3 is 0 Å².